The van der Waals surface area contributed by atoms with Gasteiger partial charge in [0.05, 0.1) is 19.8 Å². The summed E-state index contributed by atoms with van der Waals surface area (Å²) in [6.07, 6.45) is 1.78. The van der Waals surface area contributed by atoms with Gasteiger partial charge in [-0.15, -0.1) is 11.3 Å². The topological polar surface area (TPSA) is 71.6 Å². The Balaban J connectivity index is 2.09. The molecule has 0 fully saturated rings. The number of nitrogens with zero attached hydrogens (tertiary/aromatic N) is 2. The van der Waals surface area contributed by atoms with Gasteiger partial charge in [0.1, 0.15) is 5.75 Å². The van der Waals surface area contributed by atoms with E-state index in [9.17, 15) is 5.11 Å². The highest BCUT2D eigenvalue weighted by atomic mass is 32.1. The summed E-state index contributed by atoms with van der Waals surface area (Å²) < 4.78 is 5.14. The van der Waals surface area contributed by atoms with E-state index >= 15 is 0 Å². The molecule has 2 aromatic rings. The number of hydrogen-bond donors (Lipinski definition) is 2. The van der Waals surface area contributed by atoms with Gasteiger partial charge < -0.3 is 15.6 Å². The van der Waals surface area contributed by atoms with Crippen LogP contribution in [0.4, 0.5) is 5.13 Å². The quantitative estimate of drug-likeness (QED) is 0.851. The van der Waals surface area contributed by atoms with Crippen LogP contribution >= 0.6 is 11.3 Å². The molecule has 20 heavy (non-hydrogen) atoms. The summed E-state index contributed by atoms with van der Waals surface area (Å²) in [6, 6.07) is 7.67. The van der Waals surface area contributed by atoms with Crippen molar-refractivity contribution < 1.29 is 9.84 Å². The fourth-order valence-electron chi connectivity index (χ4n) is 2.08. The van der Waals surface area contributed by atoms with Crippen LogP contribution in [0.2, 0.25) is 0 Å². The Hall–Kier alpha value is -1.63. The number of aliphatic hydroxyl groups is 1. The predicted octanol–water partition coefficient (Wildman–Crippen LogP) is 1.90. The third-order valence-electron chi connectivity index (χ3n) is 3.18. The highest BCUT2D eigenvalue weighted by Crippen LogP contribution is 2.25. The molecule has 0 radical (unpaired) electrons. The fourth-order valence-corrected chi connectivity index (χ4v) is 2.82. The second-order valence-corrected chi connectivity index (χ2v) is 5.70. The van der Waals surface area contributed by atoms with Gasteiger partial charge in [-0.3, -0.25) is 4.90 Å². The van der Waals surface area contributed by atoms with Crippen molar-refractivity contribution in [1.29, 1.82) is 0 Å². The van der Waals surface area contributed by atoms with Crippen molar-refractivity contribution in [2.45, 2.75) is 12.6 Å². The summed E-state index contributed by atoms with van der Waals surface area (Å²) in [5.41, 5.74) is 6.68. The average Bonchev–Trinajstić information content (AvgIpc) is 2.85. The number of benzene rings is 1. The number of methoxy groups -OCH3 is 1. The summed E-state index contributed by atoms with van der Waals surface area (Å²) >= 11 is 1.47. The molecule has 1 atom stereocenters. The first kappa shape index (κ1) is 14.8. The minimum Gasteiger partial charge on any atom is -0.497 e. The van der Waals surface area contributed by atoms with E-state index in [1.54, 1.807) is 13.3 Å². The Morgan fingerprint density at radius 2 is 2.10 bits per heavy atom. The number of rotatable bonds is 6. The molecule has 1 heterocycles. The molecule has 0 saturated heterocycles. The van der Waals surface area contributed by atoms with Gasteiger partial charge in [0, 0.05) is 17.6 Å². The van der Waals surface area contributed by atoms with Gasteiger partial charge >= 0.3 is 0 Å². The van der Waals surface area contributed by atoms with Gasteiger partial charge in [0.15, 0.2) is 5.13 Å². The highest BCUT2D eigenvalue weighted by molar-refractivity contribution is 7.15. The maximum Gasteiger partial charge on any atom is 0.180 e. The summed E-state index contributed by atoms with van der Waals surface area (Å²) in [6.45, 7) is 0.753. The van der Waals surface area contributed by atoms with Crippen molar-refractivity contribution in [1.82, 2.24) is 9.88 Å². The zero-order valence-corrected chi connectivity index (χ0v) is 12.4. The molecule has 5 nitrogen and oxygen atoms in total. The Labute approximate surface area is 122 Å². The van der Waals surface area contributed by atoms with Crippen LogP contribution in [0.25, 0.3) is 0 Å². The minimum absolute atomic E-state index is 0.0527. The standard InChI is InChI=1S/C14H19N3O2S/c1-17(8-12-7-16-14(15)20-12)13(9-18)10-3-5-11(19-2)6-4-10/h3-7,13,18H,8-9H2,1-2H3,(H2,15,16). The van der Waals surface area contributed by atoms with Gasteiger partial charge in [-0.05, 0) is 24.7 Å². The molecule has 3 N–H and O–H groups in total. The van der Waals surface area contributed by atoms with E-state index in [0.717, 1.165) is 16.2 Å². The lowest BCUT2D eigenvalue weighted by atomic mass is 10.1. The number of nitrogens with two attached hydrogens (primary N) is 1. The maximum absolute atomic E-state index is 9.65. The number of aromatic nitrogens is 1. The summed E-state index contributed by atoms with van der Waals surface area (Å²) in [5.74, 6) is 0.809. The Morgan fingerprint density at radius 3 is 2.60 bits per heavy atom. The van der Waals surface area contributed by atoms with Gasteiger partial charge in [-0.1, -0.05) is 12.1 Å². The van der Waals surface area contributed by atoms with Gasteiger partial charge in [-0.2, -0.15) is 0 Å². The normalized spacial score (nSPS) is 12.6. The molecule has 2 rings (SSSR count). The maximum atomic E-state index is 9.65. The second kappa shape index (κ2) is 6.69. The zero-order valence-electron chi connectivity index (χ0n) is 11.6. The van der Waals surface area contributed by atoms with Crippen LogP contribution in [0.5, 0.6) is 5.75 Å². The molecule has 0 bridgehead atoms. The number of likely N-dealkylation sites (N-methyl/N-ethyl adjacent to an activating group) is 1. The van der Waals surface area contributed by atoms with E-state index in [-0.39, 0.29) is 12.6 Å². The van der Waals surface area contributed by atoms with Crippen LogP contribution in [0.15, 0.2) is 30.5 Å². The lowest BCUT2D eigenvalue weighted by Crippen LogP contribution is -2.26. The SMILES string of the molecule is COc1ccc(C(CO)N(C)Cc2cnc(N)s2)cc1. The lowest BCUT2D eigenvalue weighted by Gasteiger charge is -2.26. The van der Waals surface area contributed by atoms with E-state index in [0.29, 0.717) is 11.7 Å². The van der Waals surface area contributed by atoms with E-state index < -0.39 is 0 Å². The van der Waals surface area contributed by atoms with Crippen LogP contribution in [-0.2, 0) is 6.54 Å². The second-order valence-electron chi connectivity index (χ2n) is 4.55. The largest absolute Gasteiger partial charge is 0.497 e. The van der Waals surface area contributed by atoms with Crippen molar-refractivity contribution in [3.05, 3.63) is 40.9 Å². The zero-order chi connectivity index (χ0) is 14.5. The lowest BCUT2D eigenvalue weighted by molar-refractivity contribution is 0.143. The summed E-state index contributed by atoms with van der Waals surface area (Å²) in [5, 5.41) is 10.2. The first-order valence-corrected chi connectivity index (χ1v) is 7.11. The van der Waals surface area contributed by atoms with Crippen molar-refractivity contribution in [3.8, 4) is 5.75 Å². The van der Waals surface area contributed by atoms with E-state index in [1.807, 2.05) is 31.3 Å². The van der Waals surface area contributed by atoms with Crippen LogP contribution in [0, 0.1) is 0 Å². The number of ether oxygens (including phenoxy) is 1. The molecular weight excluding hydrogens is 274 g/mol. The Morgan fingerprint density at radius 1 is 1.40 bits per heavy atom. The number of nitrogen functional groups attached to an aromatic ring is 1. The minimum atomic E-state index is -0.0655. The third-order valence-corrected chi connectivity index (χ3v) is 3.99. The summed E-state index contributed by atoms with van der Waals surface area (Å²) in [4.78, 5) is 7.20. The third kappa shape index (κ3) is 3.47. The van der Waals surface area contributed by atoms with Gasteiger partial charge in [0.25, 0.3) is 0 Å². The van der Waals surface area contributed by atoms with E-state index in [4.69, 9.17) is 10.5 Å². The molecule has 0 saturated carbocycles. The molecule has 6 heteroatoms. The molecular formula is C14H19N3O2S. The van der Waals surface area contributed by atoms with E-state index in [2.05, 4.69) is 9.88 Å². The molecule has 1 aromatic heterocycles. The molecule has 0 spiro atoms. The van der Waals surface area contributed by atoms with Gasteiger partial charge in [-0.25, -0.2) is 4.98 Å². The summed E-state index contributed by atoms with van der Waals surface area (Å²) in [7, 11) is 3.61. The number of aliphatic hydroxyl groups excluding tert-OH is 1. The molecule has 0 aliphatic rings. The van der Waals surface area contributed by atoms with Crippen molar-refractivity contribution in [2.24, 2.45) is 0 Å². The van der Waals surface area contributed by atoms with Crippen molar-refractivity contribution >= 4 is 16.5 Å². The predicted molar refractivity (Wildman–Crippen MR) is 80.8 cm³/mol. The monoisotopic (exact) mass is 293 g/mol. The number of hydrogen-bond acceptors (Lipinski definition) is 6. The highest BCUT2D eigenvalue weighted by Gasteiger charge is 2.17. The molecule has 0 aliphatic heterocycles. The Bertz CT molecular complexity index is 542. The molecule has 0 aliphatic carbocycles. The van der Waals surface area contributed by atoms with Crippen molar-refractivity contribution in [2.75, 3.05) is 26.5 Å². The Kier molecular flexibility index (Phi) is 4.94. The fraction of sp³-hybridized carbons (Fsp3) is 0.357. The molecule has 1 aromatic carbocycles. The first-order chi connectivity index (χ1) is 9.63. The van der Waals surface area contributed by atoms with Crippen LogP contribution in [0.3, 0.4) is 0 Å². The van der Waals surface area contributed by atoms with Crippen LogP contribution < -0.4 is 10.5 Å². The smallest absolute Gasteiger partial charge is 0.180 e. The first-order valence-electron chi connectivity index (χ1n) is 6.29. The van der Waals surface area contributed by atoms with Crippen molar-refractivity contribution in [3.63, 3.8) is 0 Å². The number of thiazole rings is 1. The van der Waals surface area contributed by atoms with Gasteiger partial charge in [0.2, 0.25) is 0 Å². The van der Waals surface area contributed by atoms with E-state index in [1.165, 1.54) is 11.3 Å². The molecule has 1 unspecified atom stereocenters. The molecule has 0 amide bonds. The van der Waals surface area contributed by atoms with Crippen LogP contribution in [0.1, 0.15) is 16.5 Å². The molecule has 108 valence electrons. The number of anilines is 1. The average molecular weight is 293 g/mol. The van der Waals surface area contributed by atoms with Crippen LogP contribution in [-0.4, -0.2) is 35.8 Å².